The lowest BCUT2D eigenvalue weighted by Crippen LogP contribution is -2.28. The van der Waals surface area contributed by atoms with Crippen molar-refractivity contribution in [3.63, 3.8) is 0 Å². The lowest BCUT2D eigenvalue weighted by atomic mass is 10.1. The van der Waals surface area contributed by atoms with Gasteiger partial charge in [-0.2, -0.15) is 0 Å². The third kappa shape index (κ3) is 5.04. The van der Waals surface area contributed by atoms with Crippen molar-refractivity contribution in [3.05, 3.63) is 54.1 Å². The lowest BCUT2D eigenvalue weighted by Gasteiger charge is -2.13. The fourth-order valence-electron chi connectivity index (χ4n) is 2.55. The van der Waals surface area contributed by atoms with Crippen LogP contribution >= 0.6 is 11.8 Å². The van der Waals surface area contributed by atoms with Gasteiger partial charge in [0.25, 0.3) is 5.22 Å². The molecule has 8 heteroatoms. The van der Waals surface area contributed by atoms with E-state index in [0.29, 0.717) is 28.2 Å². The molecule has 1 aromatic heterocycles. The minimum atomic E-state index is -0.107. The van der Waals surface area contributed by atoms with Crippen LogP contribution in [0.5, 0.6) is 11.5 Å². The summed E-state index contributed by atoms with van der Waals surface area (Å²) in [5, 5.41) is 11.3. The summed E-state index contributed by atoms with van der Waals surface area (Å²) in [5.41, 5.74) is 1.73. The van der Waals surface area contributed by atoms with Gasteiger partial charge in [-0.3, -0.25) is 4.79 Å². The first-order valence-corrected chi connectivity index (χ1v) is 9.61. The summed E-state index contributed by atoms with van der Waals surface area (Å²) < 4.78 is 16.2. The normalized spacial score (nSPS) is 11.7. The van der Waals surface area contributed by atoms with E-state index in [-0.39, 0.29) is 17.7 Å². The van der Waals surface area contributed by atoms with E-state index in [9.17, 15) is 4.79 Å². The van der Waals surface area contributed by atoms with Crippen LogP contribution in [0.1, 0.15) is 18.5 Å². The van der Waals surface area contributed by atoms with E-state index in [1.165, 1.54) is 11.8 Å². The van der Waals surface area contributed by atoms with Crippen LogP contribution in [-0.4, -0.2) is 36.1 Å². The van der Waals surface area contributed by atoms with Crippen LogP contribution < -0.4 is 14.8 Å². The Morgan fingerprint density at radius 3 is 2.43 bits per heavy atom. The zero-order chi connectivity index (χ0) is 19.9. The van der Waals surface area contributed by atoms with E-state index in [4.69, 9.17) is 13.9 Å². The van der Waals surface area contributed by atoms with Crippen molar-refractivity contribution in [3.8, 4) is 23.0 Å². The van der Waals surface area contributed by atoms with Crippen LogP contribution in [0.3, 0.4) is 0 Å². The molecule has 3 aromatic rings. The van der Waals surface area contributed by atoms with Crippen LogP contribution in [0.4, 0.5) is 0 Å². The molecule has 1 amide bonds. The Bertz CT molecular complexity index is 908. The zero-order valence-corrected chi connectivity index (χ0v) is 16.7. The second kappa shape index (κ2) is 9.27. The summed E-state index contributed by atoms with van der Waals surface area (Å²) in [6.45, 7) is 1.94. The predicted octanol–water partition coefficient (Wildman–Crippen LogP) is 3.72. The number of hydrogen-bond donors (Lipinski definition) is 1. The highest BCUT2D eigenvalue weighted by molar-refractivity contribution is 7.99. The number of carbonyl (C=O) groups is 1. The van der Waals surface area contributed by atoms with Crippen LogP contribution in [0, 0.1) is 0 Å². The number of aromatic nitrogens is 2. The molecule has 0 bridgehead atoms. The Balaban J connectivity index is 1.60. The van der Waals surface area contributed by atoms with Crippen LogP contribution in [0.15, 0.2) is 58.2 Å². The molecule has 0 spiro atoms. The molecule has 1 atom stereocenters. The smallest absolute Gasteiger partial charge is 0.277 e. The van der Waals surface area contributed by atoms with Crippen molar-refractivity contribution in [2.75, 3.05) is 20.0 Å². The number of nitrogens with zero attached hydrogens (tertiary/aromatic N) is 2. The van der Waals surface area contributed by atoms with E-state index in [0.717, 1.165) is 5.56 Å². The SMILES string of the molecule is COc1cc(OC)cc(-c2nnc(SCC(=O)N[C@@H](C)c3ccccc3)o2)c1. The highest BCUT2D eigenvalue weighted by atomic mass is 32.2. The maximum atomic E-state index is 12.2. The Kier molecular flexibility index (Phi) is 6.54. The van der Waals surface area contributed by atoms with Gasteiger partial charge in [-0.25, -0.2) is 0 Å². The minimum Gasteiger partial charge on any atom is -0.497 e. The van der Waals surface area contributed by atoms with Crippen molar-refractivity contribution in [1.29, 1.82) is 0 Å². The highest BCUT2D eigenvalue weighted by Crippen LogP contribution is 2.30. The van der Waals surface area contributed by atoms with Crippen molar-refractivity contribution in [1.82, 2.24) is 15.5 Å². The number of ether oxygens (including phenoxy) is 2. The summed E-state index contributed by atoms with van der Waals surface area (Å²) in [6, 6.07) is 15.0. The minimum absolute atomic E-state index is 0.0724. The van der Waals surface area contributed by atoms with Gasteiger partial charge in [-0.1, -0.05) is 42.1 Å². The average molecular weight is 399 g/mol. The summed E-state index contributed by atoms with van der Waals surface area (Å²) in [7, 11) is 3.14. The van der Waals surface area contributed by atoms with Crippen LogP contribution in [0.25, 0.3) is 11.5 Å². The quantitative estimate of drug-likeness (QED) is 0.578. The van der Waals surface area contributed by atoms with Crippen LogP contribution in [-0.2, 0) is 4.79 Å². The molecule has 146 valence electrons. The van der Waals surface area contributed by atoms with Gasteiger partial charge in [0, 0.05) is 11.6 Å². The first-order valence-electron chi connectivity index (χ1n) is 8.63. The summed E-state index contributed by atoms with van der Waals surface area (Å²) in [5.74, 6) is 1.65. The molecule has 3 rings (SSSR count). The number of benzene rings is 2. The molecule has 0 unspecified atom stereocenters. The first-order chi connectivity index (χ1) is 13.6. The number of amides is 1. The molecule has 0 saturated carbocycles. The maximum Gasteiger partial charge on any atom is 0.277 e. The Labute approximate surface area is 167 Å². The molecule has 28 heavy (non-hydrogen) atoms. The number of nitrogens with one attached hydrogen (secondary N) is 1. The van der Waals surface area contributed by atoms with Gasteiger partial charge in [0.2, 0.25) is 11.8 Å². The standard InChI is InChI=1S/C20H21N3O4S/c1-13(14-7-5-4-6-8-14)21-18(24)12-28-20-23-22-19(27-20)15-9-16(25-2)11-17(10-15)26-3/h4-11,13H,12H2,1-3H3,(H,21,24)/t13-/m0/s1. The predicted molar refractivity (Wildman–Crippen MR) is 107 cm³/mol. The average Bonchev–Trinajstić information content (AvgIpc) is 3.21. The largest absolute Gasteiger partial charge is 0.497 e. The summed E-state index contributed by atoms with van der Waals surface area (Å²) >= 11 is 1.19. The molecule has 0 aliphatic rings. The molecule has 1 N–H and O–H groups in total. The van der Waals surface area contributed by atoms with Crippen molar-refractivity contribution in [2.24, 2.45) is 0 Å². The van der Waals surface area contributed by atoms with Crippen LogP contribution in [0.2, 0.25) is 0 Å². The van der Waals surface area contributed by atoms with Crippen molar-refractivity contribution >= 4 is 17.7 Å². The fraction of sp³-hybridized carbons (Fsp3) is 0.250. The molecule has 0 aliphatic carbocycles. The molecule has 0 saturated heterocycles. The third-order valence-electron chi connectivity index (χ3n) is 4.01. The third-order valence-corrected chi connectivity index (χ3v) is 4.83. The Morgan fingerprint density at radius 1 is 1.11 bits per heavy atom. The molecule has 0 aliphatic heterocycles. The number of methoxy groups -OCH3 is 2. The molecule has 7 nitrogen and oxygen atoms in total. The highest BCUT2D eigenvalue weighted by Gasteiger charge is 2.14. The van der Waals surface area contributed by atoms with Gasteiger partial charge in [0.05, 0.1) is 26.0 Å². The van der Waals surface area contributed by atoms with Gasteiger partial charge in [-0.15, -0.1) is 10.2 Å². The van der Waals surface area contributed by atoms with Gasteiger partial charge in [0.1, 0.15) is 11.5 Å². The molecular formula is C20H21N3O4S. The second-order valence-electron chi connectivity index (χ2n) is 5.96. The van der Waals surface area contributed by atoms with E-state index < -0.39 is 0 Å². The summed E-state index contributed by atoms with van der Waals surface area (Å²) in [6.07, 6.45) is 0. The zero-order valence-electron chi connectivity index (χ0n) is 15.8. The van der Waals surface area contributed by atoms with Gasteiger partial charge in [0.15, 0.2) is 0 Å². The molecule has 2 aromatic carbocycles. The van der Waals surface area contributed by atoms with E-state index in [1.54, 1.807) is 32.4 Å². The molecular weight excluding hydrogens is 378 g/mol. The monoisotopic (exact) mass is 399 g/mol. The summed E-state index contributed by atoms with van der Waals surface area (Å²) in [4.78, 5) is 12.2. The molecule has 0 radical (unpaired) electrons. The van der Waals surface area contributed by atoms with Crippen molar-refractivity contribution in [2.45, 2.75) is 18.2 Å². The number of thioether (sulfide) groups is 1. The maximum absolute atomic E-state index is 12.2. The van der Waals surface area contributed by atoms with Gasteiger partial charge < -0.3 is 19.2 Å². The first kappa shape index (κ1) is 19.8. The van der Waals surface area contributed by atoms with E-state index in [2.05, 4.69) is 15.5 Å². The van der Waals surface area contributed by atoms with E-state index in [1.807, 2.05) is 37.3 Å². The number of hydrogen-bond acceptors (Lipinski definition) is 7. The fourth-order valence-corrected chi connectivity index (χ4v) is 3.13. The Hall–Kier alpha value is -3.00. The number of carbonyl (C=O) groups excluding carboxylic acids is 1. The Morgan fingerprint density at radius 2 is 1.79 bits per heavy atom. The molecule has 0 fully saturated rings. The number of rotatable bonds is 8. The van der Waals surface area contributed by atoms with E-state index >= 15 is 0 Å². The van der Waals surface area contributed by atoms with Gasteiger partial charge in [-0.05, 0) is 24.6 Å². The lowest BCUT2D eigenvalue weighted by molar-refractivity contribution is -0.119. The van der Waals surface area contributed by atoms with Crippen molar-refractivity contribution < 1.29 is 18.7 Å². The second-order valence-corrected chi connectivity index (χ2v) is 6.89. The topological polar surface area (TPSA) is 86.5 Å². The van der Waals surface area contributed by atoms with Gasteiger partial charge >= 0.3 is 0 Å². The molecule has 1 heterocycles.